The number of nitrogens with zero attached hydrogens (tertiary/aromatic N) is 5. The van der Waals surface area contributed by atoms with E-state index in [0.717, 1.165) is 18.0 Å². The van der Waals surface area contributed by atoms with Crippen LogP contribution in [0.4, 0.5) is 0 Å². The van der Waals surface area contributed by atoms with Crippen molar-refractivity contribution >= 4 is 11.5 Å². The van der Waals surface area contributed by atoms with Gasteiger partial charge < -0.3 is 15.2 Å². The third-order valence-corrected chi connectivity index (χ3v) is 3.35. The molecule has 18 heavy (non-hydrogen) atoms. The van der Waals surface area contributed by atoms with Crippen LogP contribution in [-0.4, -0.2) is 44.3 Å². The van der Waals surface area contributed by atoms with E-state index in [1.165, 1.54) is 11.5 Å². The highest BCUT2D eigenvalue weighted by molar-refractivity contribution is 7.09. The highest BCUT2D eigenvalue weighted by Crippen LogP contribution is 2.20. The molecule has 0 saturated carbocycles. The molecule has 8 heteroatoms. The van der Waals surface area contributed by atoms with Gasteiger partial charge in [0.05, 0.1) is 12.2 Å². The Morgan fingerprint density at radius 2 is 2.22 bits per heavy atom. The summed E-state index contributed by atoms with van der Waals surface area (Å²) in [7, 11) is 0. The summed E-state index contributed by atoms with van der Waals surface area (Å²) in [5, 5.41) is 7.64. The molecule has 0 aliphatic rings. The van der Waals surface area contributed by atoms with E-state index in [1.54, 1.807) is 6.20 Å². The summed E-state index contributed by atoms with van der Waals surface area (Å²) in [6.45, 7) is 6.82. The maximum Gasteiger partial charge on any atom is 0.271 e. The molecule has 0 aromatic carbocycles. The highest BCUT2D eigenvalue weighted by Gasteiger charge is 2.18. The molecule has 2 aromatic rings. The minimum atomic E-state index is -0.247. The number of hydrogen-bond donors (Lipinski definition) is 1. The number of likely N-dealkylation sites (N-methyl/N-ethyl adjacent to an activating group) is 1. The number of aromatic nitrogens is 4. The van der Waals surface area contributed by atoms with E-state index >= 15 is 0 Å². The lowest BCUT2D eigenvalue weighted by Gasteiger charge is -2.20. The Bertz CT molecular complexity index is 466. The molecule has 0 spiro atoms. The minimum absolute atomic E-state index is 0.247. The Balaban J connectivity index is 2.05. The average Bonchev–Trinajstić information content (AvgIpc) is 3.04. The summed E-state index contributed by atoms with van der Waals surface area (Å²) in [5.74, 6) is 0.945. The van der Waals surface area contributed by atoms with Gasteiger partial charge in [0.15, 0.2) is 5.82 Å². The number of rotatable bonds is 6. The van der Waals surface area contributed by atoms with Crippen LogP contribution in [0.15, 0.2) is 10.7 Å². The third kappa shape index (κ3) is 2.89. The molecule has 1 unspecified atom stereocenters. The Morgan fingerprint density at radius 3 is 2.83 bits per heavy atom. The van der Waals surface area contributed by atoms with Gasteiger partial charge in [0.25, 0.3) is 5.89 Å². The van der Waals surface area contributed by atoms with E-state index in [4.69, 9.17) is 10.3 Å². The van der Waals surface area contributed by atoms with E-state index in [2.05, 4.69) is 38.5 Å². The van der Waals surface area contributed by atoms with E-state index in [1.807, 2.05) is 0 Å². The van der Waals surface area contributed by atoms with Crippen LogP contribution in [0.1, 0.15) is 25.7 Å². The maximum absolute atomic E-state index is 6.06. The molecule has 0 saturated heterocycles. The van der Waals surface area contributed by atoms with Crippen LogP contribution >= 0.6 is 11.5 Å². The molecule has 2 heterocycles. The van der Waals surface area contributed by atoms with Crippen LogP contribution < -0.4 is 5.73 Å². The van der Waals surface area contributed by atoms with Crippen molar-refractivity contribution in [3.05, 3.63) is 12.0 Å². The van der Waals surface area contributed by atoms with Gasteiger partial charge in [0, 0.05) is 6.54 Å². The second-order valence-electron chi connectivity index (χ2n) is 3.83. The van der Waals surface area contributed by atoms with Crippen LogP contribution in [0.25, 0.3) is 10.8 Å². The molecule has 1 atom stereocenters. The minimum Gasteiger partial charge on any atom is -0.333 e. The first-order valence-electron chi connectivity index (χ1n) is 5.83. The smallest absolute Gasteiger partial charge is 0.271 e. The van der Waals surface area contributed by atoms with Gasteiger partial charge in [-0.25, -0.2) is 0 Å². The second kappa shape index (κ2) is 5.98. The molecular weight excluding hydrogens is 252 g/mol. The van der Waals surface area contributed by atoms with Gasteiger partial charge in [-0.2, -0.15) is 4.98 Å². The Hall–Kier alpha value is -1.38. The van der Waals surface area contributed by atoms with E-state index < -0.39 is 0 Å². The largest absolute Gasteiger partial charge is 0.333 e. The highest BCUT2D eigenvalue weighted by atomic mass is 32.1. The van der Waals surface area contributed by atoms with Gasteiger partial charge in [-0.3, -0.25) is 0 Å². The Kier molecular flexibility index (Phi) is 4.34. The van der Waals surface area contributed by atoms with Crippen molar-refractivity contribution in [1.29, 1.82) is 0 Å². The SMILES string of the molecule is CCN(CC)CC(N)c1noc(-c2cnns2)n1. The van der Waals surface area contributed by atoms with Crippen LogP contribution in [-0.2, 0) is 0 Å². The number of nitrogens with two attached hydrogens (primary N) is 1. The van der Waals surface area contributed by atoms with Crippen LogP contribution in [0, 0.1) is 0 Å². The topological polar surface area (TPSA) is 94.0 Å². The summed E-state index contributed by atoms with van der Waals surface area (Å²) in [5.41, 5.74) is 6.06. The second-order valence-corrected chi connectivity index (χ2v) is 4.62. The van der Waals surface area contributed by atoms with Gasteiger partial charge in [-0.1, -0.05) is 23.5 Å². The van der Waals surface area contributed by atoms with Crippen molar-refractivity contribution in [2.24, 2.45) is 5.73 Å². The zero-order chi connectivity index (χ0) is 13.0. The van der Waals surface area contributed by atoms with Crippen molar-refractivity contribution in [3.63, 3.8) is 0 Å². The molecule has 0 aliphatic carbocycles. The van der Waals surface area contributed by atoms with Gasteiger partial charge in [0.2, 0.25) is 0 Å². The van der Waals surface area contributed by atoms with Crippen LogP contribution in [0.3, 0.4) is 0 Å². The number of hydrogen-bond acceptors (Lipinski definition) is 8. The van der Waals surface area contributed by atoms with Crippen molar-refractivity contribution in [3.8, 4) is 10.8 Å². The molecule has 2 rings (SSSR count). The molecular formula is C10H16N6OS. The van der Waals surface area contributed by atoms with Crippen LogP contribution in [0.5, 0.6) is 0 Å². The van der Waals surface area contributed by atoms with Gasteiger partial charge in [0.1, 0.15) is 4.88 Å². The lowest BCUT2D eigenvalue weighted by atomic mass is 10.2. The van der Waals surface area contributed by atoms with Crippen LogP contribution in [0.2, 0.25) is 0 Å². The van der Waals surface area contributed by atoms with E-state index in [9.17, 15) is 0 Å². The normalized spacial score (nSPS) is 13.1. The summed E-state index contributed by atoms with van der Waals surface area (Å²) in [4.78, 5) is 7.25. The fourth-order valence-corrected chi connectivity index (χ4v) is 2.03. The average molecular weight is 268 g/mol. The predicted molar refractivity (Wildman–Crippen MR) is 67.9 cm³/mol. The van der Waals surface area contributed by atoms with Crippen molar-refractivity contribution in [1.82, 2.24) is 24.6 Å². The summed E-state index contributed by atoms with van der Waals surface area (Å²) in [6, 6.07) is -0.247. The van der Waals surface area contributed by atoms with Gasteiger partial charge >= 0.3 is 0 Å². The lowest BCUT2D eigenvalue weighted by Crippen LogP contribution is -2.32. The quantitative estimate of drug-likeness (QED) is 0.832. The standard InChI is InChI=1S/C10H16N6OS/c1-3-16(4-2)6-7(11)9-13-10(17-14-9)8-5-12-15-18-8/h5,7H,3-4,6,11H2,1-2H3. The first-order valence-corrected chi connectivity index (χ1v) is 6.61. The fraction of sp³-hybridized carbons (Fsp3) is 0.600. The molecule has 98 valence electrons. The van der Waals surface area contributed by atoms with E-state index in [-0.39, 0.29) is 6.04 Å². The molecule has 0 amide bonds. The molecule has 2 N–H and O–H groups in total. The Labute approximate surface area is 109 Å². The lowest BCUT2D eigenvalue weighted by molar-refractivity contribution is 0.278. The summed E-state index contributed by atoms with van der Waals surface area (Å²) >= 11 is 1.22. The third-order valence-electron chi connectivity index (χ3n) is 2.69. The predicted octanol–water partition coefficient (Wildman–Crippen LogP) is 0.930. The molecule has 2 aromatic heterocycles. The monoisotopic (exact) mass is 268 g/mol. The molecule has 0 aliphatic heterocycles. The molecule has 0 radical (unpaired) electrons. The van der Waals surface area contributed by atoms with Crippen molar-refractivity contribution in [2.75, 3.05) is 19.6 Å². The summed E-state index contributed by atoms with van der Waals surface area (Å²) < 4.78 is 8.90. The zero-order valence-corrected chi connectivity index (χ0v) is 11.2. The molecule has 0 bridgehead atoms. The summed E-state index contributed by atoms with van der Waals surface area (Å²) in [6.07, 6.45) is 1.60. The fourth-order valence-electron chi connectivity index (χ4n) is 1.59. The Morgan fingerprint density at radius 1 is 1.44 bits per heavy atom. The van der Waals surface area contributed by atoms with Crippen molar-refractivity contribution in [2.45, 2.75) is 19.9 Å². The first kappa shape index (κ1) is 13.1. The maximum atomic E-state index is 6.06. The first-order chi connectivity index (χ1) is 8.74. The van der Waals surface area contributed by atoms with Gasteiger partial charge in [-0.15, -0.1) is 5.10 Å². The van der Waals surface area contributed by atoms with Gasteiger partial charge in [-0.05, 0) is 24.6 Å². The molecule has 0 fully saturated rings. The van der Waals surface area contributed by atoms with E-state index in [0.29, 0.717) is 18.3 Å². The van der Waals surface area contributed by atoms with Crippen molar-refractivity contribution < 1.29 is 4.52 Å². The zero-order valence-electron chi connectivity index (χ0n) is 10.4. The molecule has 7 nitrogen and oxygen atoms in total.